The van der Waals surface area contributed by atoms with E-state index in [2.05, 4.69) is 25.2 Å². The van der Waals surface area contributed by atoms with E-state index in [9.17, 15) is 0 Å². The van der Waals surface area contributed by atoms with E-state index in [1.54, 1.807) is 0 Å². The molecule has 47 valence electrons. The molecule has 0 unspecified atom stereocenters. The Hall–Kier alpha value is 0.786. The maximum Gasteiger partial charge on any atom is 0 e. The summed E-state index contributed by atoms with van der Waals surface area (Å²) in [7, 11) is 4.45. The molecule has 2 nitrogen and oxygen atoms in total. The molecule has 0 aromatic rings. The standard InChI is InChI=1S/C2H4O2.ClH.Co.Mn/c1-2(3)4;;;/h1H3,(H,3,4);1H;;/q;;;+1/p-1. The predicted octanol–water partition coefficient (Wildman–Crippen LogP) is 0.775. The minimum absolute atomic E-state index is 0. The topological polar surface area (TPSA) is 37.3 Å². The molecule has 0 saturated carbocycles. The average molecular weight is 209 g/mol. The number of carboxylic acid groups (broad SMARTS) is 1. The molecule has 0 spiro atoms. The molecule has 0 fully saturated rings. The van der Waals surface area contributed by atoms with Crippen molar-refractivity contribution in [3.05, 3.63) is 0 Å². The van der Waals surface area contributed by atoms with Gasteiger partial charge in [-0.15, -0.1) is 0 Å². The van der Waals surface area contributed by atoms with Crippen LogP contribution in [0.2, 0.25) is 0 Å². The van der Waals surface area contributed by atoms with Gasteiger partial charge in [-0.25, -0.2) is 0 Å². The number of hydrogen-bond donors (Lipinski definition) is 1. The molecule has 0 saturated heterocycles. The number of rotatable bonds is 0. The van der Waals surface area contributed by atoms with Crippen LogP contribution in [-0.2, 0) is 36.7 Å². The van der Waals surface area contributed by atoms with Crippen molar-refractivity contribution in [3.8, 4) is 0 Å². The van der Waals surface area contributed by atoms with E-state index < -0.39 is 5.97 Å². The molecule has 0 aromatic carbocycles. The molecule has 0 atom stereocenters. The van der Waals surface area contributed by atoms with Crippen LogP contribution in [0.3, 0.4) is 0 Å². The smallest absolute Gasteiger partial charge is 0 e. The van der Waals surface area contributed by atoms with Gasteiger partial charge in [0.15, 0.2) is 0 Å². The Bertz CT molecular complexity index is 38.7. The summed E-state index contributed by atoms with van der Waals surface area (Å²) < 4.78 is 0. The van der Waals surface area contributed by atoms with Crippen molar-refractivity contribution in [2.45, 2.75) is 6.92 Å². The molecule has 0 bridgehead atoms. The van der Waals surface area contributed by atoms with E-state index in [0.29, 0.717) is 0 Å². The van der Waals surface area contributed by atoms with Crippen molar-refractivity contribution >= 4 is 16.1 Å². The van der Waals surface area contributed by atoms with Gasteiger partial charge in [0.1, 0.15) is 0 Å². The number of carbonyl (C=O) groups is 1. The van der Waals surface area contributed by atoms with Crippen LogP contribution in [0, 0.1) is 0 Å². The van der Waals surface area contributed by atoms with Crippen LogP contribution < -0.4 is 0 Å². The predicted molar refractivity (Wildman–Crippen MR) is 19.2 cm³/mol. The summed E-state index contributed by atoms with van der Waals surface area (Å²) in [6, 6.07) is 0. The van der Waals surface area contributed by atoms with Gasteiger partial charge in [-0.3, -0.25) is 4.79 Å². The Kier molecular flexibility index (Phi) is 35.4. The molecule has 0 aromatic heterocycles. The first-order valence-electron chi connectivity index (χ1n) is 1.07. The third kappa shape index (κ3) is 252. The molecular formula is C2H4ClCoMnO2. The van der Waals surface area contributed by atoms with Crippen molar-refractivity contribution in [1.29, 1.82) is 0 Å². The number of carboxylic acids is 1. The fourth-order valence-electron chi connectivity index (χ4n) is 0. The summed E-state index contributed by atoms with van der Waals surface area (Å²) in [6.07, 6.45) is 0. The second kappa shape index (κ2) is 15.8. The van der Waals surface area contributed by atoms with Gasteiger partial charge in [-0.05, 0) is 0 Å². The fraction of sp³-hybridized carbons (Fsp3) is 0.500. The first-order valence-corrected chi connectivity index (χ1v) is 2.69. The molecule has 1 N–H and O–H groups in total. The van der Waals surface area contributed by atoms with Crippen molar-refractivity contribution in [1.82, 2.24) is 0 Å². The van der Waals surface area contributed by atoms with Crippen LogP contribution in [-0.4, -0.2) is 11.1 Å². The van der Waals surface area contributed by atoms with Gasteiger partial charge in [-0.1, -0.05) is 0 Å². The Morgan fingerprint density at radius 3 is 1.71 bits per heavy atom. The Balaban J connectivity index is -0.0000000480. The molecule has 0 aliphatic rings. The van der Waals surface area contributed by atoms with Crippen molar-refractivity contribution < 1.29 is 41.8 Å². The minimum Gasteiger partial charge on any atom is 0 e. The molecule has 7 heavy (non-hydrogen) atoms. The van der Waals surface area contributed by atoms with Gasteiger partial charge in [0.05, 0.1) is 0 Å². The van der Waals surface area contributed by atoms with Crippen LogP contribution in [0.5, 0.6) is 0 Å². The maximum absolute atomic E-state index is 9.00. The van der Waals surface area contributed by atoms with E-state index >= 15 is 0 Å². The first-order chi connectivity index (χ1) is 2.73. The van der Waals surface area contributed by atoms with E-state index in [-0.39, 0.29) is 16.8 Å². The maximum atomic E-state index is 9.00. The van der Waals surface area contributed by atoms with E-state index in [0.717, 1.165) is 6.92 Å². The van der Waals surface area contributed by atoms with Gasteiger partial charge < -0.3 is 5.11 Å². The zero-order chi connectivity index (χ0) is 5.58. The zero-order valence-electron chi connectivity index (χ0n) is 3.44. The van der Waals surface area contributed by atoms with Crippen LogP contribution in [0.1, 0.15) is 6.92 Å². The largest absolute Gasteiger partial charge is 0 e. The van der Waals surface area contributed by atoms with Crippen molar-refractivity contribution in [3.63, 3.8) is 0 Å². The summed E-state index contributed by atoms with van der Waals surface area (Å²) in [5, 5.41) is 7.42. The first kappa shape index (κ1) is 15.7. The third-order valence-electron chi connectivity index (χ3n) is 0. The normalized spacial score (nSPS) is 4.43. The number of aliphatic carboxylic acids is 1. The SMILES string of the molecule is CC(=O)O.[Cl][Mn].[Co]. The summed E-state index contributed by atoms with van der Waals surface area (Å²) in [6.45, 7) is 1.08. The van der Waals surface area contributed by atoms with Gasteiger partial charge in [0.25, 0.3) is 5.97 Å². The van der Waals surface area contributed by atoms with Crippen molar-refractivity contribution in [2.75, 3.05) is 0 Å². The van der Waals surface area contributed by atoms with Gasteiger partial charge in [0, 0.05) is 23.7 Å². The van der Waals surface area contributed by atoms with Gasteiger partial charge in [0.2, 0.25) is 0 Å². The molecule has 0 amide bonds. The molecular weight excluding hydrogens is 205 g/mol. The van der Waals surface area contributed by atoms with Crippen LogP contribution >= 0.6 is 10.1 Å². The van der Waals surface area contributed by atoms with E-state index in [4.69, 9.17) is 9.90 Å². The summed E-state index contributed by atoms with van der Waals surface area (Å²) in [5.74, 6) is -0.833. The van der Waals surface area contributed by atoms with Crippen molar-refractivity contribution in [2.24, 2.45) is 0 Å². The second-order valence-corrected chi connectivity index (χ2v) is 0.519. The molecule has 0 aliphatic carbocycles. The Morgan fingerprint density at radius 1 is 1.71 bits per heavy atom. The molecule has 0 heterocycles. The average Bonchev–Trinajstić information content (AvgIpc) is 1.41. The quantitative estimate of drug-likeness (QED) is 0.599. The molecule has 1 radical (unpaired) electrons. The molecule has 0 rings (SSSR count). The van der Waals surface area contributed by atoms with Gasteiger partial charge in [-0.2, -0.15) is 0 Å². The number of halogens is 1. The monoisotopic (exact) mass is 209 g/mol. The second-order valence-electron chi connectivity index (χ2n) is 0.519. The van der Waals surface area contributed by atoms with Gasteiger partial charge >= 0.3 is 25.2 Å². The van der Waals surface area contributed by atoms with Crippen LogP contribution in [0.4, 0.5) is 0 Å². The zero-order valence-corrected chi connectivity index (χ0v) is 6.42. The third-order valence-corrected chi connectivity index (χ3v) is 0. The molecule has 5 heteroatoms. The number of hydrogen-bond acceptors (Lipinski definition) is 1. The minimum atomic E-state index is -0.833. The Morgan fingerprint density at radius 2 is 1.71 bits per heavy atom. The molecule has 0 aliphatic heterocycles. The summed E-state index contributed by atoms with van der Waals surface area (Å²) >= 11 is 2.41. The summed E-state index contributed by atoms with van der Waals surface area (Å²) in [4.78, 5) is 9.00. The van der Waals surface area contributed by atoms with Crippen LogP contribution in [0.15, 0.2) is 0 Å². The van der Waals surface area contributed by atoms with E-state index in [1.165, 1.54) is 0 Å². The summed E-state index contributed by atoms with van der Waals surface area (Å²) in [5.41, 5.74) is 0. The fourth-order valence-corrected chi connectivity index (χ4v) is 0. The van der Waals surface area contributed by atoms with Crippen LogP contribution in [0.25, 0.3) is 0 Å². The van der Waals surface area contributed by atoms with E-state index in [1.807, 2.05) is 0 Å². The Labute approximate surface area is 64.9 Å².